The second-order valence-electron chi connectivity index (χ2n) is 5.99. The average Bonchev–Trinajstić information content (AvgIpc) is 3.12. The van der Waals surface area contributed by atoms with E-state index in [2.05, 4.69) is 27.6 Å². The maximum Gasteiger partial charge on any atom is 0.123 e. The molecule has 0 spiro atoms. The number of aliphatic hydroxyl groups excluding tert-OH is 1. The highest BCUT2D eigenvalue weighted by Crippen LogP contribution is 2.23. The van der Waals surface area contributed by atoms with Crippen molar-refractivity contribution < 1.29 is 9.50 Å². The topological polar surface area (TPSA) is 60.9 Å². The van der Waals surface area contributed by atoms with Crippen LogP contribution in [-0.4, -0.2) is 21.9 Å². The van der Waals surface area contributed by atoms with E-state index < -0.39 is 0 Å². The number of aliphatic hydroxyl groups is 1. The minimum absolute atomic E-state index is 0.157. The van der Waals surface area contributed by atoms with E-state index in [1.54, 1.807) is 18.3 Å². The SMILES string of the molecule is OCCCC(NCc1cn[nH]c1-c1ccc(F)cc1)c1ccccc1. The van der Waals surface area contributed by atoms with Crippen LogP contribution in [0.4, 0.5) is 4.39 Å². The molecule has 5 heteroatoms. The Morgan fingerprint density at radius 3 is 2.56 bits per heavy atom. The van der Waals surface area contributed by atoms with Crippen molar-refractivity contribution in [2.75, 3.05) is 6.61 Å². The van der Waals surface area contributed by atoms with Crippen LogP contribution >= 0.6 is 0 Å². The van der Waals surface area contributed by atoms with Crippen molar-refractivity contribution in [3.63, 3.8) is 0 Å². The molecule has 3 rings (SSSR count). The minimum Gasteiger partial charge on any atom is -0.396 e. The molecule has 1 unspecified atom stereocenters. The predicted octanol–water partition coefficient (Wildman–Crippen LogP) is 3.82. The average molecular weight is 339 g/mol. The molecule has 0 saturated heterocycles. The van der Waals surface area contributed by atoms with E-state index in [0.717, 1.165) is 29.7 Å². The Bertz CT molecular complexity index is 771. The third-order valence-electron chi connectivity index (χ3n) is 4.24. The van der Waals surface area contributed by atoms with Gasteiger partial charge >= 0.3 is 0 Å². The molecule has 25 heavy (non-hydrogen) atoms. The van der Waals surface area contributed by atoms with Crippen LogP contribution < -0.4 is 5.32 Å². The molecule has 130 valence electrons. The molecule has 2 aromatic carbocycles. The maximum absolute atomic E-state index is 13.1. The lowest BCUT2D eigenvalue weighted by molar-refractivity contribution is 0.275. The monoisotopic (exact) mass is 339 g/mol. The van der Waals surface area contributed by atoms with Gasteiger partial charge in [0, 0.05) is 30.3 Å². The summed E-state index contributed by atoms with van der Waals surface area (Å²) in [5, 5.41) is 19.8. The van der Waals surface area contributed by atoms with E-state index in [1.165, 1.54) is 17.7 Å². The summed E-state index contributed by atoms with van der Waals surface area (Å²) in [6.07, 6.45) is 3.38. The largest absolute Gasteiger partial charge is 0.396 e. The molecule has 3 aromatic rings. The summed E-state index contributed by atoms with van der Waals surface area (Å²) in [4.78, 5) is 0. The fourth-order valence-electron chi connectivity index (χ4n) is 2.91. The van der Waals surface area contributed by atoms with E-state index >= 15 is 0 Å². The van der Waals surface area contributed by atoms with Crippen LogP contribution in [0.2, 0.25) is 0 Å². The van der Waals surface area contributed by atoms with Gasteiger partial charge in [0.15, 0.2) is 0 Å². The van der Waals surface area contributed by atoms with Gasteiger partial charge in [-0.1, -0.05) is 30.3 Å². The second-order valence-corrected chi connectivity index (χ2v) is 5.99. The lowest BCUT2D eigenvalue weighted by Crippen LogP contribution is -2.21. The molecular weight excluding hydrogens is 317 g/mol. The molecule has 0 amide bonds. The molecule has 1 aromatic heterocycles. The lowest BCUT2D eigenvalue weighted by atomic mass is 10.0. The Hall–Kier alpha value is -2.50. The molecule has 0 aliphatic rings. The van der Waals surface area contributed by atoms with Gasteiger partial charge in [0.2, 0.25) is 0 Å². The van der Waals surface area contributed by atoms with Crippen LogP contribution in [0.3, 0.4) is 0 Å². The number of nitrogens with zero attached hydrogens (tertiary/aromatic N) is 1. The summed E-state index contributed by atoms with van der Waals surface area (Å²) in [6, 6.07) is 16.7. The molecule has 4 nitrogen and oxygen atoms in total. The number of halogens is 1. The van der Waals surface area contributed by atoms with E-state index in [1.807, 2.05) is 18.2 Å². The van der Waals surface area contributed by atoms with E-state index in [0.29, 0.717) is 6.54 Å². The predicted molar refractivity (Wildman–Crippen MR) is 96.3 cm³/mol. The zero-order chi connectivity index (χ0) is 17.5. The fraction of sp³-hybridized carbons (Fsp3) is 0.250. The number of benzene rings is 2. The lowest BCUT2D eigenvalue weighted by Gasteiger charge is -2.19. The number of H-pyrrole nitrogens is 1. The first-order valence-electron chi connectivity index (χ1n) is 8.45. The van der Waals surface area contributed by atoms with E-state index in [4.69, 9.17) is 5.11 Å². The standard InChI is InChI=1S/C20H22FN3O/c21-18-10-8-16(9-11-18)20-17(14-23-24-20)13-22-19(7-4-12-25)15-5-2-1-3-6-15/h1-3,5-6,8-11,14,19,22,25H,4,7,12-13H2,(H,23,24). The molecule has 1 atom stereocenters. The number of nitrogens with one attached hydrogen (secondary N) is 2. The van der Waals surface area contributed by atoms with Gasteiger partial charge in [-0.25, -0.2) is 4.39 Å². The molecule has 0 fully saturated rings. The summed E-state index contributed by atoms with van der Waals surface area (Å²) < 4.78 is 13.1. The third kappa shape index (κ3) is 4.53. The van der Waals surface area contributed by atoms with Crippen molar-refractivity contribution >= 4 is 0 Å². The van der Waals surface area contributed by atoms with Crippen LogP contribution in [0.15, 0.2) is 60.8 Å². The van der Waals surface area contributed by atoms with Crippen molar-refractivity contribution in [2.45, 2.75) is 25.4 Å². The molecule has 0 saturated carbocycles. The first kappa shape index (κ1) is 17.3. The number of rotatable bonds is 8. The highest BCUT2D eigenvalue weighted by molar-refractivity contribution is 5.62. The van der Waals surface area contributed by atoms with Crippen molar-refractivity contribution in [3.05, 3.63) is 77.7 Å². The Kier molecular flexibility index (Phi) is 5.93. The normalized spacial score (nSPS) is 12.2. The Morgan fingerprint density at radius 2 is 1.84 bits per heavy atom. The first-order valence-corrected chi connectivity index (χ1v) is 8.45. The highest BCUT2D eigenvalue weighted by atomic mass is 19.1. The zero-order valence-corrected chi connectivity index (χ0v) is 14.0. The van der Waals surface area contributed by atoms with Gasteiger partial charge in [-0.3, -0.25) is 5.10 Å². The molecule has 0 bridgehead atoms. The maximum atomic E-state index is 13.1. The van der Waals surface area contributed by atoms with Crippen LogP contribution in [0.1, 0.15) is 30.0 Å². The molecular formula is C20H22FN3O. The third-order valence-corrected chi connectivity index (χ3v) is 4.24. The Labute approximate surface area is 146 Å². The van der Waals surface area contributed by atoms with Gasteiger partial charge in [0.05, 0.1) is 11.9 Å². The number of aromatic amines is 1. The molecule has 1 heterocycles. The van der Waals surface area contributed by atoms with Crippen LogP contribution in [-0.2, 0) is 6.54 Å². The molecule has 0 aliphatic heterocycles. The number of hydrogen-bond donors (Lipinski definition) is 3. The van der Waals surface area contributed by atoms with Gasteiger partial charge in [0.1, 0.15) is 5.82 Å². The Morgan fingerprint density at radius 1 is 1.08 bits per heavy atom. The summed E-state index contributed by atoms with van der Waals surface area (Å²) >= 11 is 0. The van der Waals surface area contributed by atoms with Crippen molar-refractivity contribution in [2.24, 2.45) is 0 Å². The number of aromatic nitrogens is 2. The van der Waals surface area contributed by atoms with Crippen LogP contribution in [0, 0.1) is 5.82 Å². The van der Waals surface area contributed by atoms with Crippen molar-refractivity contribution in [1.29, 1.82) is 0 Å². The summed E-state index contributed by atoms with van der Waals surface area (Å²) in [5.41, 5.74) is 4.02. The van der Waals surface area contributed by atoms with Gasteiger partial charge in [0.25, 0.3) is 0 Å². The zero-order valence-electron chi connectivity index (χ0n) is 14.0. The van der Waals surface area contributed by atoms with Gasteiger partial charge in [-0.15, -0.1) is 0 Å². The van der Waals surface area contributed by atoms with Gasteiger partial charge in [-0.05, 0) is 42.7 Å². The van der Waals surface area contributed by atoms with Gasteiger partial charge in [-0.2, -0.15) is 5.10 Å². The second kappa shape index (κ2) is 8.55. The van der Waals surface area contributed by atoms with Crippen LogP contribution in [0.25, 0.3) is 11.3 Å². The van der Waals surface area contributed by atoms with Crippen molar-refractivity contribution in [1.82, 2.24) is 15.5 Å². The van der Waals surface area contributed by atoms with Crippen LogP contribution in [0.5, 0.6) is 0 Å². The van der Waals surface area contributed by atoms with Gasteiger partial charge < -0.3 is 10.4 Å². The quantitative estimate of drug-likeness (QED) is 0.585. The minimum atomic E-state index is -0.254. The fourth-order valence-corrected chi connectivity index (χ4v) is 2.91. The Balaban J connectivity index is 1.73. The van der Waals surface area contributed by atoms with Crippen molar-refractivity contribution in [3.8, 4) is 11.3 Å². The first-order chi connectivity index (χ1) is 12.3. The molecule has 0 aliphatic carbocycles. The van der Waals surface area contributed by atoms with E-state index in [-0.39, 0.29) is 18.5 Å². The summed E-state index contributed by atoms with van der Waals surface area (Å²) in [7, 11) is 0. The summed E-state index contributed by atoms with van der Waals surface area (Å²) in [5.74, 6) is -0.254. The smallest absolute Gasteiger partial charge is 0.123 e. The molecule has 0 radical (unpaired) electrons. The summed E-state index contributed by atoms with van der Waals surface area (Å²) in [6.45, 7) is 0.811. The highest BCUT2D eigenvalue weighted by Gasteiger charge is 2.13. The number of hydrogen-bond acceptors (Lipinski definition) is 3. The molecule has 3 N–H and O–H groups in total. The van der Waals surface area contributed by atoms with E-state index in [9.17, 15) is 4.39 Å².